The first-order chi connectivity index (χ1) is 14.0. The Kier molecular flexibility index (Phi) is 5.53. The molecule has 2 heterocycles. The molecule has 0 aliphatic carbocycles. The van der Waals surface area contributed by atoms with Crippen molar-refractivity contribution in [2.45, 2.75) is 6.42 Å². The van der Waals surface area contributed by atoms with Gasteiger partial charge < -0.3 is 14.7 Å². The summed E-state index contributed by atoms with van der Waals surface area (Å²) in [7, 11) is 0. The molecule has 2 aliphatic heterocycles. The van der Waals surface area contributed by atoms with Crippen LogP contribution < -0.4 is 4.90 Å². The summed E-state index contributed by atoms with van der Waals surface area (Å²) in [5.41, 5.74) is 1.30. The lowest BCUT2D eigenvalue weighted by atomic mass is 10.1. The van der Waals surface area contributed by atoms with E-state index in [0.29, 0.717) is 49.0 Å². The van der Waals surface area contributed by atoms with Crippen molar-refractivity contribution in [3.63, 3.8) is 0 Å². The summed E-state index contributed by atoms with van der Waals surface area (Å²) < 4.78 is 0. The molecule has 150 valence electrons. The Labute approximate surface area is 174 Å². The standard InChI is InChI=1S/C22H22ClN3O3/c23-18-8-4-5-9-19(18)26-15-17(14-20(26)27)22(29)25-12-10-24(11-13-25)21(28)16-6-2-1-3-7-16/h1-9,17H,10-15H2. The Morgan fingerprint density at radius 3 is 2.17 bits per heavy atom. The lowest BCUT2D eigenvalue weighted by molar-refractivity contribution is -0.137. The molecule has 2 aromatic rings. The van der Waals surface area contributed by atoms with E-state index >= 15 is 0 Å². The summed E-state index contributed by atoms with van der Waals surface area (Å²) in [6.07, 6.45) is 0.188. The molecule has 2 fully saturated rings. The molecule has 2 aliphatic rings. The van der Waals surface area contributed by atoms with Gasteiger partial charge in [-0.3, -0.25) is 14.4 Å². The summed E-state index contributed by atoms with van der Waals surface area (Å²) in [5.74, 6) is -0.511. The maximum atomic E-state index is 13.0. The van der Waals surface area contributed by atoms with Gasteiger partial charge in [0.15, 0.2) is 0 Å². The molecule has 1 unspecified atom stereocenters. The van der Waals surface area contributed by atoms with Gasteiger partial charge in [-0.1, -0.05) is 41.9 Å². The Morgan fingerprint density at radius 2 is 1.48 bits per heavy atom. The smallest absolute Gasteiger partial charge is 0.253 e. The summed E-state index contributed by atoms with van der Waals surface area (Å²) in [6.45, 7) is 2.29. The minimum Gasteiger partial charge on any atom is -0.339 e. The van der Waals surface area contributed by atoms with E-state index in [2.05, 4.69) is 0 Å². The molecule has 29 heavy (non-hydrogen) atoms. The van der Waals surface area contributed by atoms with Crippen LogP contribution in [0.5, 0.6) is 0 Å². The molecule has 1 atom stereocenters. The number of anilines is 1. The number of piperazine rings is 1. The second-order valence-corrected chi connectivity index (χ2v) is 7.75. The number of nitrogens with zero attached hydrogens (tertiary/aromatic N) is 3. The van der Waals surface area contributed by atoms with Crippen LogP contribution in [0.25, 0.3) is 0 Å². The normalized spacial score (nSPS) is 19.6. The van der Waals surface area contributed by atoms with E-state index in [1.54, 1.807) is 39.0 Å². The van der Waals surface area contributed by atoms with Crippen LogP contribution in [0.15, 0.2) is 54.6 Å². The van der Waals surface area contributed by atoms with Gasteiger partial charge in [-0.25, -0.2) is 0 Å². The minimum absolute atomic E-state index is 0.0152. The van der Waals surface area contributed by atoms with Crippen LogP contribution in [0, 0.1) is 5.92 Å². The van der Waals surface area contributed by atoms with Gasteiger partial charge in [-0.15, -0.1) is 0 Å². The zero-order valence-electron chi connectivity index (χ0n) is 16.0. The Hall–Kier alpha value is -2.86. The van der Waals surface area contributed by atoms with Crippen LogP contribution in [0.1, 0.15) is 16.8 Å². The van der Waals surface area contributed by atoms with E-state index in [-0.39, 0.29) is 30.1 Å². The third-order valence-corrected chi connectivity index (χ3v) is 5.84. The van der Waals surface area contributed by atoms with Crippen molar-refractivity contribution in [2.24, 2.45) is 5.92 Å². The predicted molar refractivity (Wildman–Crippen MR) is 111 cm³/mol. The van der Waals surface area contributed by atoms with Crippen molar-refractivity contribution in [3.8, 4) is 0 Å². The Balaban J connectivity index is 1.36. The molecular formula is C22H22ClN3O3. The molecule has 0 N–H and O–H groups in total. The number of benzene rings is 2. The third kappa shape index (κ3) is 3.98. The predicted octanol–water partition coefficient (Wildman–Crippen LogP) is 2.68. The Bertz CT molecular complexity index is 926. The summed E-state index contributed by atoms with van der Waals surface area (Å²) in [5, 5.41) is 0.502. The van der Waals surface area contributed by atoms with Crippen molar-refractivity contribution < 1.29 is 14.4 Å². The minimum atomic E-state index is -0.379. The highest BCUT2D eigenvalue weighted by Gasteiger charge is 2.38. The Morgan fingerprint density at radius 1 is 0.862 bits per heavy atom. The molecule has 0 spiro atoms. The average Bonchev–Trinajstić information content (AvgIpc) is 3.15. The number of amides is 3. The summed E-state index contributed by atoms with van der Waals surface area (Å²) >= 11 is 6.22. The second kappa shape index (κ2) is 8.25. The topological polar surface area (TPSA) is 60.9 Å². The molecule has 2 aromatic carbocycles. The van der Waals surface area contributed by atoms with Gasteiger partial charge in [0.25, 0.3) is 5.91 Å². The van der Waals surface area contributed by atoms with Gasteiger partial charge >= 0.3 is 0 Å². The van der Waals surface area contributed by atoms with Crippen molar-refractivity contribution in [2.75, 3.05) is 37.6 Å². The number of para-hydroxylation sites is 1. The molecular weight excluding hydrogens is 390 g/mol. The molecule has 0 saturated carbocycles. The first-order valence-corrected chi connectivity index (χ1v) is 10.1. The zero-order chi connectivity index (χ0) is 20.4. The molecule has 7 heteroatoms. The largest absolute Gasteiger partial charge is 0.339 e. The zero-order valence-corrected chi connectivity index (χ0v) is 16.7. The molecule has 3 amide bonds. The lowest BCUT2D eigenvalue weighted by Crippen LogP contribution is -2.52. The van der Waals surface area contributed by atoms with E-state index in [9.17, 15) is 14.4 Å². The van der Waals surface area contributed by atoms with Gasteiger partial charge in [0, 0.05) is 44.7 Å². The van der Waals surface area contributed by atoms with E-state index in [1.807, 2.05) is 30.3 Å². The van der Waals surface area contributed by atoms with Crippen molar-refractivity contribution in [1.29, 1.82) is 0 Å². The maximum Gasteiger partial charge on any atom is 0.253 e. The van der Waals surface area contributed by atoms with Crippen LogP contribution in [0.4, 0.5) is 5.69 Å². The van der Waals surface area contributed by atoms with Gasteiger partial charge in [-0.05, 0) is 24.3 Å². The van der Waals surface area contributed by atoms with Crippen LogP contribution in [-0.4, -0.2) is 60.2 Å². The first kappa shape index (κ1) is 19.5. The number of halogens is 1. The van der Waals surface area contributed by atoms with Gasteiger partial charge in [0.05, 0.1) is 16.6 Å². The third-order valence-electron chi connectivity index (χ3n) is 5.52. The first-order valence-electron chi connectivity index (χ1n) is 9.72. The SMILES string of the molecule is O=C(c1ccccc1)N1CCN(C(=O)C2CC(=O)N(c3ccccc3Cl)C2)CC1. The number of hydrogen-bond acceptors (Lipinski definition) is 3. The second-order valence-electron chi connectivity index (χ2n) is 7.34. The lowest BCUT2D eigenvalue weighted by Gasteiger charge is -2.36. The summed E-state index contributed by atoms with van der Waals surface area (Å²) in [6, 6.07) is 16.3. The van der Waals surface area contributed by atoms with Crippen LogP contribution in [0.3, 0.4) is 0 Å². The molecule has 6 nitrogen and oxygen atoms in total. The van der Waals surface area contributed by atoms with Crippen LogP contribution in [0.2, 0.25) is 5.02 Å². The van der Waals surface area contributed by atoms with E-state index in [4.69, 9.17) is 11.6 Å². The molecule has 4 rings (SSSR count). The number of carbonyl (C=O) groups is 3. The fraction of sp³-hybridized carbons (Fsp3) is 0.318. The van der Waals surface area contributed by atoms with Crippen molar-refractivity contribution >= 4 is 35.0 Å². The van der Waals surface area contributed by atoms with Crippen LogP contribution >= 0.6 is 11.6 Å². The van der Waals surface area contributed by atoms with Crippen molar-refractivity contribution in [1.82, 2.24) is 9.80 Å². The quantitative estimate of drug-likeness (QED) is 0.780. The van der Waals surface area contributed by atoms with Gasteiger partial charge in [0.1, 0.15) is 0 Å². The van der Waals surface area contributed by atoms with Gasteiger partial charge in [0.2, 0.25) is 11.8 Å². The number of rotatable bonds is 3. The summed E-state index contributed by atoms with van der Waals surface area (Å²) in [4.78, 5) is 43.1. The fourth-order valence-corrected chi connectivity index (χ4v) is 4.17. The van der Waals surface area contributed by atoms with Crippen molar-refractivity contribution in [3.05, 3.63) is 65.2 Å². The highest BCUT2D eigenvalue weighted by Crippen LogP contribution is 2.31. The number of carbonyl (C=O) groups excluding carboxylic acids is 3. The van der Waals surface area contributed by atoms with Crippen LogP contribution in [-0.2, 0) is 9.59 Å². The highest BCUT2D eigenvalue weighted by atomic mass is 35.5. The number of hydrogen-bond donors (Lipinski definition) is 0. The molecule has 0 bridgehead atoms. The highest BCUT2D eigenvalue weighted by molar-refractivity contribution is 6.33. The fourth-order valence-electron chi connectivity index (χ4n) is 3.93. The molecule has 2 saturated heterocycles. The average molecular weight is 412 g/mol. The van der Waals surface area contributed by atoms with E-state index in [0.717, 1.165) is 0 Å². The molecule has 0 aromatic heterocycles. The van der Waals surface area contributed by atoms with Gasteiger partial charge in [-0.2, -0.15) is 0 Å². The van der Waals surface area contributed by atoms with E-state index in [1.165, 1.54) is 0 Å². The molecule has 0 radical (unpaired) electrons. The monoisotopic (exact) mass is 411 g/mol. The van der Waals surface area contributed by atoms with E-state index < -0.39 is 0 Å². The maximum absolute atomic E-state index is 13.0.